The number of aromatic nitrogens is 2. The number of nitrogens with zero attached hydrogens (tertiary/aromatic N) is 2. The van der Waals surface area contributed by atoms with Crippen molar-refractivity contribution in [1.29, 1.82) is 0 Å². The van der Waals surface area contributed by atoms with Gasteiger partial charge in [0.05, 0.1) is 24.6 Å². The van der Waals surface area contributed by atoms with Gasteiger partial charge in [-0.1, -0.05) is 31.5 Å². The zero-order valence-electron chi connectivity index (χ0n) is 19.7. The number of ether oxygens (including phenoxy) is 1. The molecule has 1 unspecified atom stereocenters. The third-order valence-corrected chi connectivity index (χ3v) is 6.11. The lowest BCUT2D eigenvalue weighted by molar-refractivity contribution is -0.271. The summed E-state index contributed by atoms with van der Waals surface area (Å²) in [4.78, 5) is 16.4. The average Bonchev–Trinajstić information content (AvgIpc) is 2.70. The van der Waals surface area contributed by atoms with Crippen LogP contribution in [0.15, 0.2) is 41.6 Å². The Morgan fingerprint density at radius 3 is 2.39 bits per heavy atom. The van der Waals surface area contributed by atoms with E-state index in [1.807, 2.05) is 19.9 Å². The second-order valence-electron chi connectivity index (χ2n) is 9.41. The summed E-state index contributed by atoms with van der Waals surface area (Å²) in [7, 11) is 1.48. The monoisotopic (exact) mass is 462 g/mol. The molecule has 0 bridgehead atoms. The lowest BCUT2D eigenvalue weighted by Crippen LogP contribution is -2.52. The summed E-state index contributed by atoms with van der Waals surface area (Å²) in [6.07, 6.45) is -1.44. The van der Waals surface area contributed by atoms with Crippen LogP contribution in [0, 0.1) is 20.8 Å². The molecule has 0 aliphatic carbocycles. The van der Waals surface area contributed by atoms with Crippen LogP contribution in [0.3, 0.4) is 0 Å². The number of halogens is 3. The van der Waals surface area contributed by atoms with Crippen LogP contribution in [0.25, 0.3) is 10.9 Å². The van der Waals surface area contributed by atoms with Crippen molar-refractivity contribution in [3.05, 3.63) is 69.3 Å². The summed E-state index contributed by atoms with van der Waals surface area (Å²) in [5.74, 6) is 0.505. The van der Waals surface area contributed by atoms with Crippen LogP contribution in [0.1, 0.15) is 42.5 Å². The number of hydrogen-bond acceptors (Lipinski definition) is 4. The van der Waals surface area contributed by atoms with E-state index < -0.39 is 30.2 Å². The molecular weight excluding hydrogens is 433 g/mol. The van der Waals surface area contributed by atoms with Crippen LogP contribution < -0.4 is 10.2 Å². The van der Waals surface area contributed by atoms with Crippen molar-refractivity contribution in [3.63, 3.8) is 0 Å². The maximum Gasteiger partial charge on any atom is 0.418 e. The molecule has 1 aromatic carbocycles. The maximum absolute atomic E-state index is 14.4. The van der Waals surface area contributed by atoms with Gasteiger partial charge in [-0.2, -0.15) is 13.2 Å². The number of aryl methyl sites for hydroxylation is 3. The van der Waals surface area contributed by atoms with Gasteiger partial charge in [-0.25, -0.2) is 0 Å². The zero-order chi connectivity index (χ0) is 24.8. The first kappa shape index (κ1) is 24.8. The Labute approximate surface area is 190 Å². The van der Waals surface area contributed by atoms with Gasteiger partial charge in [0, 0.05) is 29.7 Å². The van der Waals surface area contributed by atoms with E-state index in [0.717, 1.165) is 11.1 Å². The van der Waals surface area contributed by atoms with Gasteiger partial charge in [0.2, 0.25) is 0 Å². The Morgan fingerprint density at radius 1 is 1.12 bits per heavy atom. The zero-order valence-corrected chi connectivity index (χ0v) is 19.7. The molecule has 0 aliphatic rings. The number of fused-ring (bicyclic) bond motifs is 1. The minimum atomic E-state index is -4.92. The van der Waals surface area contributed by atoms with Gasteiger partial charge >= 0.3 is 6.18 Å². The number of aliphatic hydroxyl groups is 1. The highest BCUT2D eigenvalue weighted by atomic mass is 19.4. The van der Waals surface area contributed by atoms with Crippen molar-refractivity contribution >= 4 is 10.9 Å². The molecule has 0 saturated carbocycles. The number of methoxy groups -OCH3 is 1. The highest BCUT2D eigenvalue weighted by molar-refractivity contribution is 5.78. The van der Waals surface area contributed by atoms with E-state index in [4.69, 9.17) is 4.74 Å². The number of alkyl halides is 3. The lowest BCUT2D eigenvalue weighted by atomic mass is 9.73. The van der Waals surface area contributed by atoms with Crippen molar-refractivity contribution < 1.29 is 23.0 Å². The molecular formula is C25H29F3N2O3. The molecule has 178 valence electrons. The van der Waals surface area contributed by atoms with Crippen molar-refractivity contribution in [2.45, 2.75) is 64.8 Å². The Bertz CT molecular complexity index is 1250. The quantitative estimate of drug-likeness (QED) is 0.561. The average molecular weight is 463 g/mol. The molecule has 3 aromatic rings. The summed E-state index contributed by atoms with van der Waals surface area (Å²) in [5, 5.41) is 11.3. The van der Waals surface area contributed by atoms with Crippen LogP contribution in [0.4, 0.5) is 13.2 Å². The fourth-order valence-electron chi connectivity index (χ4n) is 4.60. The van der Waals surface area contributed by atoms with E-state index in [1.54, 1.807) is 19.9 Å². The molecule has 2 aromatic heterocycles. The number of pyridine rings is 2. The van der Waals surface area contributed by atoms with Crippen molar-refractivity contribution in [1.82, 2.24) is 9.55 Å². The molecule has 8 heteroatoms. The molecule has 0 spiro atoms. The number of rotatable bonds is 6. The predicted octanol–water partition coefficient (Wildman–Crippen LogP) is 4.99. The van der Waals surface area contributed by atoms with Gasteiger partial charge < -0.3 is 14.4 Å². The topological polar surface area (TPSA) is 64.3 Å². The summed E-state index contributed by atoms with van der Waals surface area (Å²) in [6, 6.07) is 5.18. The van der Waals surface area contributed by atoms with Crippen molar-refractivity contribution in [2.75, 3.05) is 7.11 Å². The molecule has 0 saturated heterocycles. The van der Waals surface area contributed by atoms with Gasteiger partial charge in [0.15, 0.2) is 11.0 Å². The van der Waals surface area contributed by atoms with Gasteiger partial charge in [0.1, 0.15) is 5.75 Å². The Balaban J connectivity index is 2.14. The number of hydrogen-bond donors (Lipinski definition) is 1. The lowest BCUT2D eigenvalue weighted by Gasteiger charge is -2.39. The minimum absolute atomic E-state index is 0.206. The second-order valence-corrected chi connectivity index (χ2v) is 9.41. The standard InChI is InChI=1S/C25H29F3N2O3/c1-15-9-16(2)22(33-6)19(10-15)23(4,5)13-24(32,25(26,27)28)14-30-12-17(3)21(31)18-11-29-8-7-20(18)30/h7-12,32H,13-14H2,1-6H3. The summed E-state index contributed by atoms with van der Waals surface area (Å²) < 4.78 is 50.0. The summed E-state index contributed by atoms with van der Waals surface area (Å²) in [6.45, 7) is 7.80. The number of benzene rings is 1. The van der Waals surface area contributed by atoms with E-state index in [2.05, 4.69) is 4.98 Å². The Hall–Kier alpha value is -2.87. The summed E-state index contributed by atoms with van der Waals surface area (Å²) in [5.41, 5.74) is -1.61. The third kappa shape index (κ3) is 4.62. The van der Waals surface area contributed by atoms with E-state index in [0.29, 0.717) is 11.3 Å². The first-order valence-corrected chi connectivity index (χ1v) is 10.6. The largest absolute Gasteiger partial charge is 0.496 e. The minimum Gasteiger partial charge on any atom is -0.496 e. The van der Waals surface area contributed by atoms with Crippen LogP contribution in [0.2, 0.25) is 0 Å². The Morgan fingerprint density at radius 2 is 1.79 bits per heavy atom. The van der Waals surface area contributed by atoms with E-state index in [1.165, 1.54) is 43.3 Å². The first-order chi connectivity index (χ1) is 15.2. The van der Waals surface area contributed by atoms with Crippen molar-refractivity contribution in [3.8, 4) is 5.75 Å². The van der Waals surface area contributed by atoms with Crippen molar-refractivity contribution in [2.24, 2.45) is 0 Å². The molecule has 33 heavy (non-hydrogen) atoms. The van der Waals surface area contributed by atoms with Crippen LogP contribution in [-0.2, 0) is 12.0 Å². The molecule has 0 amide bonds. The molecule has 2 heterocycles. The fourth-order valence-corrected chi connectivity index (χ4v) is 4.60. The van der Waals surface area contributed by atoms with E-state index >= 15 is 0 Å². The summed E-state index contributed by atoms with van der Waals surface area (Å²) >= 11 is 0. The highest BCUT2D eigenvalue weighted by Gasteiger charge is 2.56. The maximum atomic E-state index is 14.4. The Kier molecular flexibility index (Phi) is 6.37. The normalized spacial score (nSPS) is 14.4. The van der Waals surface area contributed by atoms with E-state index in [9.17, 15) is 23.1 Å². The fraction of sp³-hybridized carbons (Fsp3) is 0.440. The van der Waals surface area contributed by atoms with E-state index in [-0.39, 0.29) is 21.9 Å². The SMILES string of the molecule is COc1c(C)cc(C)cc1C(C)(C)CC(O)(Cn1cc(C)c(=O)c2cnccc21)C(F)(F)F. The molecule has 5 nitrogen and oxygen atoms in total. The second kappa shape index (κ2) is 8.48. The molecule has 1 atom stereocenters. The smallest absolute Gasteiger partial charge is 0.418 e. The molecule has 0 radical (unpaired) electrons. The van der Waals surface area contributed by atoms with Gasteiger partial charge in [-0.05, 0) is 44.2 Å². The highest BCUT2D eigenvalue weighted by Crippen LogP contribution is 2.45. The van der Waals surface area contributed by atoms with Crippen LogP contribution >= 0.6 is 0 Å². The van der Waals surface area contributed by atoms with Gasteiger partial charge in [-0.3, -0.25) is 9.78 Å². The van der Waals surface area contributed by atoms with Crippen LogP contribution in [-0.4, -0.2) is 33.5 Å². The van der Waals surface area contributed by atoms with Gasteiger partial charge in [-0.15, -0.1) is 0 Å². The molecule has 3 rings (SSSR count). The van der Waals surface area contributed by atoms with Gasteiger partial charge in [0.25, 0.3) is 0 Å². The molecule has 0 fully saturated rings. The first-order valence-electron chi connectivity index (χ1n) is 10.6. The molecule has 1 N–H and O–H groups in total. The van der Waals surface area contributed by atoms with Crippen LogP contribution in [0.5, 0.6) is 5.75 Å². The molecule has 0 aliphatic heterocycles. The predicted molar refractivity (Wildman–Crippen MR) is 122 cm³/mol. The third-order valence-electron chi connectivity index (χ3n) is 6.11.